The molecule has 0 saturated heterocycles. The van der Waals surface area contributed by atoms with Gasteiger partial charge in [-0.3, -0.25) is 13.9 Å². The van der Waals surface area contributed by atoms with Gasteiger partial charge in [0.25, 0.3) is 10.0 Å². The molecule has 2 amide bonds. The van der Waals surface area contributed by atoms with Gasteiger partial charge in [0.15, 0.2) is 0 Å². The van der Waals surface area contributed by atoms with E-state index in [4.69, 9.17) is 0 Å². The number of nitrogens with zero attached hydrogens (tertiary/aromatic N) is 2. The van der Waals surface area contributed by atoms with E-state index in [0.29, 0.717) is 12.2 Å². The number of anilines is 1. The van der Waals surface area contributed by atoms with Crippen LogP contribution < -0.4 is 9.62 Å². The highest BCUT2D eigenvalue weighted by molar-refractivity contribution is 9.10. The molecule has 0 aromatic heterocycles. The van der Waals surface area contributed by atoms with E-state index in [2.05, 4.69) is 21.2 Å². The molecule has 3 aromatic rings. The second kappa shape index (κ2) is 13.1. The molecule has 7 nitrogen and oxygen atoms in total. The molecule has 202 valence electrons. The zero-order chi connectivity index (χ0) is 27.9. The van der Waals surface area contributed by atoms with E-state index in [-0.39, 0.29) is 17.3 Å². The zero-order valence-corrected chi connectivity index (χ0v) is 24.6. The first-order valence-electron chi connectivity index (χ1n) is 12.5. The molecule has 0 aliphatic rings. The molecule has 0 heterocycles. The third-order valence-corrected chi connectivity index (χ3v) is 8.46. The minimum Gasteiger partial charge on any atom is -0.354 e. The highest BCUT2D eigenvalue weighted by Crippen LogP contribution is 2.28. The molecular formula is C29H34BrN3O4S. The summed E-state index contributed by atoms with van der Waals surface area (Å²) in [6.07, 6.45) is 0.758. The van der Waals surface area contributed by atoms with Crippen LogP contribution in [0.5, 0.6) is 0 Å². The molecule has 38 heavy (non-hydrogen) atoms. The molecule has 0 fully saturated rings. The molecule has 0 radical (unpaired) electrons. The van der Waals surface area contributed by atoms with Crippen molar-refractivity contribution in [1.29, 1.82) is 0 Å². The van der Waals surface area contributed by atoms with Gasteiger partial charge in [0.05, 0.1) is 10.6 Å². The summed E-state index contributed by atoms with van der Waals surface area (Å²) in [5.41, 5.74) is 2.93. The normalized spacial score (nSPS) is 12.0. The smallest absolute Gasteiger partial charge is 0.264 e. The van der Waals surface area contributed by atoms with Gasteiger partial charge in [-0.2, -0.15) is 0 Å². The molecule has 0 aliphatic heterocycles. The van der Waals surface area contributed by atoms with Gasteiger partial charge in [-0.1, -0.05) is 70.9 Å². The lowest BCUT2D eigenvalue weighted by Crippen LogP contribution is -2.51. The Morgan fingerprint density at radius 2 is 1.68 bits per heavy atom. The standard InChI is InChI=1S/C29H34BrN3O4S/c1-5-16-31-29(35)23(4)32(19-24-10-9-11-25(30)18-24)28(34)20-33(27-15-14-21(2)17-22(27)3)38(36,37)26-12-7-6-8-13-26/h6-15,17-18,23H,5,16,19-20H2,1-4H3,(H,31,35). The SMILES string of the molecule is CCCNC(=O)C(C)N(Cc1cccc(Br)c1)C(=O)CN(c1ccc(C)cc1C)S(=O)(=O)c1ccccc1. The number of rotatable bonds is 11. The second-order valence-electron chi connectivity index (χ2n) is 9.23. The first-order valence-corrected chi connectivity index (χ1v) is 14.7. The number of benzene rings is 3. The van der Waals surface area contributed by atoms with Crippen LogP contribution in [0.15, 0.2) is 82.2 Å². The summed E-state index contributed by atoms with van der Waals surface area (Å²) in [7, 11) is -4.08. The van der Waals surface area contributed by atoms with Crippen molar-refractivity contribution >= 4 is 43.5 Å². The molecule has 0 aliphatic carbocycles. The van der Waals surface area contributed by atoms with Crippen LogP contribution in [-0.2, 0) is 26.2 Å². The Kier molecular flexibility index (Phi) is 10.1. The van der Waals surface area contributed by atoms with Gasteiger partial charge in [-0.15, -0.1) is 0 Å². The predicted octanol–water partition coefficient (Wildman–Crippen LogP) is 5.20. The summed E-state index contributed by atoms with van der Waals surface area (Å²) in [5, 5.41) is 2.85. The van der Waals surface area contributed by atoms with E-state index in [0.717, 1.165) is 31.9 Å². The topological polar surface area (TPSA) is 86.8 Å². The summed E-state index contributed by atoms with van der Waals surface area (Å²) in [6.45, 7) is 7.53. The Bertz CT molecular complexity index is 1380. The maximum atomic E-state index is 13.9. The van der Waals surface area contributed by atoms with Crippen LogP contribution in [0, 0.1) is 13.8 Å². The first-order chi connectivity index (χ1) is 18.0. The Labute approximate surface area is 234 Å². The zero-order valence-electron chi connectivity index (χ0n) is 22.1. The molecule has 1 atom stereocenters. The van der Waals surface area contributed by atoms with Crippen molar-refractivity contribution < 1.29 is 18.0 Å². The Hall–Kier alpha value is -3.17. The summed E-state index contributed by atoms with van der Waals surface area (Å²) in [5.74, 6) is -0.775. The van der Waals surface area contributed by atoms with Crippen LogP contribution in [-0.4, -0.2) is 44.3 Å². The number of halogens is 1. The van der Waals surface area contributed by atoms with E-state index in [9.17, 15) is 18.0 Å². The van der Waals surface area contributed by atoms with E-state index in [1.165, 1.54) is 17.0 Å². The van der Waals surface area contributed by atoms with Gasteiger partial charge in [0.2, 0.25) is 11.8 Å². The average Bonchev–Trinajstić information content (AvgIpc) is 2.89. The monoisotopic (exact) mass is 599 g/mol. The van der Waals surface area contributed by atoms with Gasteiger partial charge >= 0.3 is 0 Å². The van der Waals surface area contributed by atoms with Crippen LogP contribution in [0.2, 0.25) is 0 Å². The molecule has 1 unspecified atom stereocenters. The molecule has 0 bridgehead atoms. The fourth-order valence-electron chi connectivity index (χ4n) is 4.13. The van der Waals surface area contributed by atoms with Crippen LogP contribution >= 0.6 is 15.9 Å². The fourth-order valence-corrected chi connectivity index (χ4v) is 6.08. The van der Waals surface area contributed by atoms with E-state index in [1.807, 2.05) is 57.2 Å². The van der Waals surface area contributed by atoms with Crippen molar-refractivity contribution in [3.63, 3.8) is 0 Å². The van der Waals surface area contributed by atoms with Gasteiger partial charge < -0.3 is 10.2 Å². The highest BCUT2D eigenvalue weighted by Gasteiger charge is 2.33. The number of carbonyl (C=O) groups is 2. The van der Waals surface area contributed by atoms with Gasteiger partial charge in [-0.05, 0) is 68.7 Å². The number of carbonyl (C=O) groups excluding carboxylic acids is 2. The third kappa shape index (κ3) is 7.23. The molecule has 3 aromatic carbocycles. The minimum atomic E-state index is -4.08. The Balaban J connectivity index is 2.04. The lowest BCUT2D eigenvalue weighted by Gasteiger charge is -2.32. The summed E-state index contributed by atoms with van der Waals surface area (Å²) >= 11 is 3.46. The summed E-state index contributed by atoms with van der Waals surface area (Å²) < 4.78 is 29.7. The van der Waals surface area contributed by atoms with E-state index in [1.54, 1.807) is 31.2 Å². The van der Waals surface area contributed by atoms with E-state index >= 15 is 0 Å². The van der Waals surface area contributed by atoms with Gasteiger partial charge in [-0.25, -0.2) is 8.42 Å². The maximum Gasteiger partial charge on any atom is 0.264 e. The number of sulfonamides is 1. The van der Waals surface area contributed by atoms with Gasteiger partial charge in [0.1, 0.15) is 12.6 Å². The molecule has 0 saturated carbocycles. The van der Waals surface area contributed by atoms with Crippen LogP contribution in [0.3, 0.4) is 0 Å². The number of hydrogen-bond acceptors (Lipinski definition) is 4. The quantitative estimate of drug-likeness (QED) is 0.328. The minimum absolute atomic E-state index is 0.0834. The maximum absolute atomic E-state index is 13.9. The molecular weight excluding hydrogens is 566 g/mol. The lowest BCUT2D eigenvalue weighted by molar-refractivity contribution is -0.139. The van der Waals surface area contributed by atoms with Crippen molar-refractivity contribution in [2.45, 2.75) is 51.6 Å². The van der Waals surface area contributed by atoms with Crippen molar-refractivity contribution in [1.82, 2.24) is 10.2 Å². The van der Waals surface area contributed by atoms with Crippen molar-refractivity contribution in [3.05, 3.63) is 94.0 Å². The number of nitrogens with one attached hydrogen (secondary N) is 1. The molecule has 3 rings (SSSR count). The largest absolute Gasteiger partial charge is 0.354 e. The fraction of sp³-hybridized carbons (Fsp3) is 0.310. The number of hydrogen-bond donors (Lipinski definition) is 1. The summed E-state index contributed by atoms with van der Waals surface area (Å²) in [4.78, 5) is 28.4. The number of aryl methyl sites for hydroxylation is 2. The van der Waals surface area contributed by atoms with Gasteiger partial charge in [0, 0.05) is 17.6 Å². The van der Waals surface area contributed by atoms with Crippen molar-refractivity contribution in [2.24, 2.45) is 0 Å². The van der Waals surface area contributed by atoms with E-state index < -0.39 is 28.5 Å². The molecule has 9 heteroatoms. The van der Waals surface area contributed by atoms with Crippen LogP contribution in [0.1, 0.15) is 37.0 Å². The third-order valence-electron chi connectivity index (χ3n) is 6.19. The van der Waals surface area contributed by atoms with Crippen molar-refractivity contribution in [2.75, 3.05) is 17.4 Å². The van der Waals surface area contributed by atoms with Crippen LogP contribution in [0.4, 0.5) is 5.69 Å². The summed E-state index contributed by atoms with van der Waals surface area (Å²) in [6, 6.07) is 20.1. The highest BCUT2D eigenvalue weighted by atomic mass is 79.9. The second-order valence-corrected chi connectivity index (χ2v) is 12.0. The lowest BCUT2D eigenvalue weighted by atomic mass is 10.1. The Morgan fingerprint density at radius 1 is 0.974 bits per heavy atom. The molecule has 0 spiro atoms. The predicted molar refractivity (Wildman–Crippen MR) is 154 cm³/mol. The first kappa shape index (κ1) is 29.4. The molecule has 1 N–H and O–H groups in total. The number of amides is 2. The average molecular weight is 601 g/mol. The van der Waals surface area contributed by atoms with Crippen molar-refractivity contribution in [3.8, 4) is 0 Å². The Morgan fingerprint density at radius 3 is 2.32 bits per heavy atom. The van der Waals surface area contributed by atoms with Crippen LogP contribution in [0.25, 0.3) is 0 Å².